The van der Waals surface area contributed by atoms with Crippen molar-refractivity contribution in [1.82, 2.24) is 4.90 Å². The predicted octanol–water partition coefficient (Wildman–Crippen LogP) is 4.53. The van der Waals surface area contributed by atoms with E-state index in [1.165, 1.54) is 0 Å². The summed E-state index contributed by atoms with van der Waals surface area (Å²) in [5.41, 5.74) is 4.89. The summed E-state index contributed by atoms with van der Waals surface area (Å²) in [4.78, 5) is 14.6. The van der Waals surface area contributed by atoms with Crippen molar-refractivity contribution in [3.05, 3.63) is 59.2 Å². The highest BCUT2D eigenvalue weighted by Crippen LogP contribution is 2.27. The van der Waals surface area contributed by atoms with E-state index in [1.807, 2.05) is 62.1 Å². The second-order valence-corrected chi connectivity index (χ2v) is 5.41. The number of aryl methyl sites for hydroxylation is 2. The van der Waals surface area contributed by atoms with Crippen molar-refractivity contribution in [2.75, 3.05) is 18.4 Å². The molecular weight excluding hydrogens is 272 g/mol. The van der Waals surface area contributed by atoms with Crippen LogP contribution >= 0.6 is 0 Å². The average Bonchev–Trinajstić information content (AvgIpc) is 2.52. The monoisotopic (exact) mass is 296 g/mol. The lowest BCUT2D eigenvalue weighted by molar-refractivity contribution is 0.0774. The normalized spacial score (nSPS) is 10.4. The first kappa shape index (κ1) is 16.1. The Bertz CT molecular complexity index is 660. The number of rotatable bonds is 5. The van der Waals surface area contributed by atoms with Gasteiger partial charge in [-0.1, -0.05) is 30.3 Å². The molecule has 0 aliphatic carbocycles. The van der Waals surface area contributed by atoms with Crippen LogP contribution in [-0.4, -0.2) is 23.9 Å². The Hall–Kier alpha value is -2.29. The van der Waals surface area contributed by atoms with Gasteiger partial charge >= 0.3 is 0 Å². The number of anilines is 2. The highest BCUT2D eigenvalue weighted by molar-refractivity contribution is 6.01. The number of benzene rings is 2. The van der Waals surface area contributed by atoms with Gasteiger partial charge in [-0.15, -0.1) is 0 Å². The summed E-state index contributed by atoms with van der Waals surface area (Å²) in [5, 5.41) is 3.45. The summed E-state index contributed by atoms with van der Waals surface area (Å²) in [7, 11) is 0. The number of carbonyl (C=O) groups is 1. The van der Waals surface area contributed by atoms with E-state index in [0.717, 1.165) is 28.1 Å². The maximum absolute atomic E-state index is 12.7. The average molecular weight is 296 g/mol. The van der Waals surface area contributed by atoms with Crippen LogP contribution in [0, 0.1) is 13.8 Å². The molecule has 0 atom stereocenters. The molecule has 0 bridgehead atoms. The molecule has 2 aromatic rings. The van der Waals surface area contributed by atoms with Crippen LogP contribution in [0.4, 0.5) is 11.4 Å². The molecule has 0 fully saturated rings. The maximum atomic E-state index is 12.7. The number of hydrogen-bond acceptors (Lipinski definition) is 2. The molecule has 0 aliphatic rings. The lowest BCUT2D eigenvalue weighted by Gasteiger charge is -2.22. The van der Waals surface area contributed by atoms with E-state index in [0.29, 0.717) is 13.1 Å². The molecule has 116 valence electrons. The van der Waals surface area contributed by atoms with Crippen LogP contribution in [0.3, 0.4) is 0 Å². The van der Waals surface area contributed by atoms with Crippen LogP contribution in [-0.2, 0) is 0 Å². The van der Waals surface area contributed by atoms with Gasteiger partial charge < -0.3 is 10.2 Å². The molecular formula is C19H24N2O. The van der Waals surface area contributed by atoms with Crippen molar-refractivity contribution in [3.8, 4) is 0 Å². The Morgan fingerprint density at radius 1 is 0.955 bits per heavy atom. The third-order valence-electron chi connectivity index (χ3n) is 3.96. The van der Waals surface area contributed by atoms with E-state index in [9.17, 15) is 4.79 Å². The van der Waals surface area contributed by atoms with Gasteiger partial charge in [-0.3, -0.25) is 4.79 Å². The summed E-state index contributed by atoms with van der Waals surface area (Å²) in [6, 6.07) is 14.0. The molecule has 2 aromatic carbocycles. The number of para-hydroxylation sites is 2. The van der Waals surface area contributed by atoms with Crippen LogP contribution < -0.4 is 5.32 Å². The second kappa shape index (κ2) is 7.12. The lowest BCUT2D eigenvalue weighted by Crippen LogP contribution is -2.31. The summed E-state index contributed by atoms with van der Waals surface area (Å²) < 4.78 is 0. The van der Waals surface area contributed by atoms with Crippen molar-refractivity contribution in [2.45, 2.75) is 27.7 Å². The van der Waals surface area contributed by atoms with Crippen molar-refractivity contribution in [3.63, 3.8) is 0 Å². The molecule has 1 N–H and O–H groups in total. The first-order chi connectivity index (χ1) is 10.6. The van der Waals surface area contributed by atoms with E-state index in [4.69, 9.17) is 0 Å². The zero-order valence-corrected chi connectivity index (χ0v) is 13.8. The Morgan fingerprint density at radius 2 is 1.59 bits per heavy atom. The SMILES string of the molecule is CCN(CC)C(=O)c1cccc(C)c1Nc1ccccc1C. The maximum Gasteiger partial charge on any atom is 0.255 e. The first-order valence-electron chi connectivity index (χ1n) is 7.80. The van der Waals surface area contributed by atoms with Crippen molar-refractivity contribution < 1.29 is 4.79 Å². The number of hydrogen-bond donors (Lipinski definition) is 1. The minimum Gasteiger partial charge on any atom is -0.354 e. The highest BCUT2D eigenvalue weighted by Gasteiger charge is 2.18. The molecule has 22 heavy (non-hydrogen) atoms. The number of amides is 1. The van der Waals surface area contributed by atoms with Gasteiger partial charge in [0.1, 0.15) is 0 Å². The molecule has 0 saturated heterocycles. The molecule has 1 amide bonds. The minimum absolute atomic E-state index is 0.0739. The third kappa shape index (κ3) is 3.30. The Kier molecular flexibility index (Phi) is 5.21. The highest BCUT2D eigenvalue weighted by atomic mass is 16.2. The van der Waals surface area contributed by atoms with Crippen molar-refractivity contribution in [1.29, 1.82) is 0 Å². The molecule has 0 aliphatic heterocycles. The van der Waals surface area contributed by atoms with Gasteiger partial charge in [-0.05, 0) is 51.0 Å². The summed E-state index contributed by atoms with van der Waals surface area (Å²) in [6.07, 6.45) is 0. The molecule has 3 heteroatoms. The van der Waals surface area contributed by atoms with Crippen molar-refractivity contribution in [2.24, 2.45) is 0 Å². The smallest absolute Gasteiger partial charge is 0.255 e. The zero-order chi connectivity index (χ0) is 16.1. The van der Waals surface area contributed by atoms with Crippen LogP contribution in [0.25, 0.3) is 0 Å². The van der Waals surface area contributed by atoms with Gasteiger partial charge in [0.05, 0.1) is 11.3 Å². The van der Waals surface area contributed by atoms with Gasteiger partial charge in [-0.25, -0.2) is 0 Å². The largest absolute Gasteiger partial charge is 0.354 e. The van der Waals surface area contributed by atoms with Crippen LogP contribution in [0.1, 0.15) is 35.3 Å². The van der Waals surface area contributed by atoms with Gasteiger partial charge in [0, 0.05) is 18.8 Å². The minimum atomic E-state index is 0.0739. The van der Waals surface area contributed by atoms with Crippen molar-refractivity contribution >= 4 is 17.3 Å². The van der Waals surface area contributed by atoms with E-state index < -0.39 is 0 Å². The molecule has 0 aromatic heterocycles. The molecule has 3 nitrogen and oxygen atoms in total. The van der Waals surface area contributed by atoms with E-state index >= 15 is 0 Å². The van der Waals surface area contributed by atoms with Crippen LogP contribution in [0.15, 0.2) is 42.5 Å². The Labute approximate surface area is 133 Å². The quantitative estimate of drug-likeness (QED) is 0.879. The van der Waals surface area contributed by atoms with Gasteiger partial charge in [-0.2, -0.15) is 0 Å². The lowest BCUT2D eigenvalue weighted by atomic mass is 10.1. The van der Waals surface area contributed by atoms with E-state index in [-0.39, 0.29) is 5.91 Å². The zero-order valence-electron chi connectivity index (χ0n) is 13.8. The Morgan fingerprint density at radius 3 is 2.23 bits per heavy atom. The standard InChI is InChI=1S/C19H24N2O/c1-5-21(6-2)19(22)16-12-9-11-15(4)18(16)20-17-13-8-7-10-14(17)3/h7-13,20H,5-6H2,1-4H3. The fourth-order valence-corrected chi connectivity index (χ4v) is 2.54. The Balaban J connectivity index is 2.43. The fraction of sp³-hybridized carbons (Fsp3) is 0.316. The third-order valence-corrected chi connectivity index (χ3v) is 3.96. The molecule has 0 unspecified atom stereocenters. The number of nitrogens with zero attached hydrogens (tertiary/aromatic N) is 1. The molecule has 0 saturated carbocycles. The number of carbonyl (C=O) groups excluding carboxylic acids is 1. The van der Waals surface area contributed by atoms with E-state index in [1.54, 1.807) is 0 Å². The van der Waals surface area contributed by atoms with Gasteiger partial charge in [0.25, 0.3) is 5.91 Å². The molecule has 0 radical (unpaired) electrons. The second-order valence-electron chi connectivity index (χ2n) is 5.41. The molecule has 0 heterocycles. The van der Waals surface area contributed by atoms with Crippen LogP contribution in [0.5, 0.6) is 0 Å². The predicted molar refractivity (Wildman–Crippen MR) is 92.9 cm³/mol. The summed E-state index contributed by atoms with van der Waals surface area (Å²) in [5.74, 6) is 0.0739. The van der Waals surface area contributed by atoms with Gasteiger partial charge in [0.2, 0.25) is 0 Å². The number of nitrogens with one attached hydrogen (secondary N) is 1. The topological polar surface area (TPSA) is 32.3 Å². The molecule has 0 spiro atoms. The summed E-state index contributed by atoms with van der Waals surface area (Å²) in [6.45, 7) is 9.53. The first-order valence-corrected chi connectivity index (χ1v) is 7.80. The summed E-state index contributed by atoms with van der Waals surface area (Å²) >= 11 is 0. The van der Waals surface area contributed by atoms with Crippen LogP contribution in [0.2, 0.25) is 0 Å². The molecule has 2 rings (SSSR count). The van der Waals surface area contributed by atoms with E-state index in [2.05, 4.69) is 18.3 Å². The van der Waals surface area contributed by atoms with Gasteiger partial charge in [0.15, 0.2) is 0 Å². The fourth-order valence-electron chi connectivity index (χ4n) is 2.54.